The number of thiophene rings is 1. The van der Waals surface area contributed by atoms with Crippen LogP contribution in [0.25, 0.3) is 0 Å². The molecule has 120 valence electrons. The van der Waals surface area contributed by atoms with E-state index < -0.39 is 0 Å². The van der Waals surface area contributed by atoms with E-state index in [9.17, 15) is 9.59 Å². The van der Waals surface area contributed by atoms with Crippen LogP contribution < -0.4 is 5.32 Å². The highest BCUT2D eigenvalue weighted by Crippen LogP contribution is 2.21. The molecule has 2 amide bonds. The summed E-state index contributed by atoms with van der Waals surface area (Å²) in [5, 5.41) is 5.13. The number of hydrogen-bond acceptors (Lipinski definition) is 4. The molecular formula is C16H23N3O2S. The summed E-state index contributed by atoms with van der Waals surface area (Å²) in [5.41, 5.74) is 1.13. The SMILES string of the molecule is Cc1csc(C(=O)NC2CCN(C3CCN(C)C3=O)CC2)c1. The van der Waals surface area contributed by atoms with Gasteiger partial charge in [0.1, 0.15) is 0 Å². The maximum atomic E-state index is 12.2. The van der Waals surface area contributed by atoms with Crippen LogP contribution in [0.1, 0.15) is 34.5 Å². The highest BCUT2D eigenvalue weighted by Gasteiger charge is 2.35. The predicted octanol–water partition coefficient (Wildman–Crippen LogP) is 1.48. The van der Waals surface area contributed by atoms with Gasteiger partial charge in [0.25, 0.3) is 5.91 Å². The van der Waals surface area contributed by atoms with Crippen LogP contribution in [0.3, 0.4) is 0 Å². The fourth-order valence-electron chi connectivity index (χ4n) is 3.31. The van der Waals surface area contributed by atoms with Gasteiger partial charge in [0.05, 0.1) is 10.9 Å². The second-order valence-corrected chi connectivity index (χ2v) is 7.25. The molecule has 1 unspecified atom stereocenters. The highest BCUT2D eigenvalue weighted by molar-refractivity contribution is 7.12. The van der Waals surface area contributed by atoms with E-state index in [1.807, 2.05) is 30.3 Å². The van der Waals surface area contributed by atoms with Crippen molar-refractivity contribution >= 4 is 23.2 Å². The van der Waals surface area contributed by atoms with E-state index in [0.29, 0.717) is 0 Å². The van der Waals surface area contributed by atoms with Crippen LogP contribution >= 0.6 is 11.3 Å². The summed E-state index contributed by atoms with van der Waals surface area (Å²) < 4.78 is 0. The molecule has 2 aliphatic rings. The first kappa shape index (κ1) is 15.5. The van der Waals surface area contributed by atoms with E-state index in [4.69, 9.17) is 0 Å². The maximum absolute atomic E-state index is 12.2. The smallest absolute Gasteiger partial charge is 0.261 e. The van der Waals surface area contributed by atoms with Gasteiger partial charge in [0.15, 0.2) is 0 Å². The molecule has 2 aliphatic heterocycles. The summed E-state index contributed by atoms with van der Waals surface area (Å²) in [6, 6.07) is 2.21. The normalized spacial score (nSPS) is 24.0. The van der Waals surface area contributed by atoms with E-state index in [1.165, 1.54) is 11.3 Å². The minimum absolute atomic E-state index is 0.0354. The summed E-state index contributed by atoms with van der Waals surface area (Å²) in [6.07, 6.45) is 2.77. The van der Waals surface area contributed by atoms with Crippen molar-refractivity contribution in [3.8, 4) is 0 Å². The minimum Gasteiger partial charge on any atom is -0.349 e. The summed E-state index contributed by atoms with van der Waals surface area (Å²) in [6.45, 7) is 4.64. The molecule has 0 spiro atoms. The van der Waals surface area contributed by atoms with Gasteiger partial charge in [-0.25, -0.2) is 0 Å². The number of nitrogens with one attached hydrogen (secondary N) is 1. The zero-order valence-corrected chi connectivity index (χ0v) is 14.0. The quantitative estimate of drug-likeness (QED) is 0.917. The Balaban J connectivity index is 1.50. The lowest BCUT2D eigenvalue weighted by molar-refractivity contribution is -0.131. The second-order valence-electron chi connectivity index (χ2n) is 6.34. The average Bonchev–Trinajstić information content (AvgIpc) is 3.08. The van der Waals surface area contributed by atoms with Gasteiger partial charge in [0, 0.05) is 32.7 Å². The van der Waals surface area contributed by atoms with Crippen molar-refractivity contribution < 1.29 is 9.59 Å². The Bertz CT molecular complexity index is 563. The van der Waals surface area contributed by atoms with Crippen LogP contribution in [0.2, 0.25) is 0 Å². The molecule has 3 rings (SSSR count). The Kier molecular flexibility index (Phi) is 4.49. The first-order chi connectivity index (χ1) is 10.5. The monoisotopic (exact) mass is 321 g/mol. The van der Waals surface area contributed by atoms with Crippen molar-refractivity contribution in [2.75, 3.05) is 26.7 Å². The summed E-state index contributed by atoms with van der Waals surface area (Å²) in [5.74, 6) is 0.282. The minimum atomic E-state index is 0.0354. The molecule has 1 aromatic rings. The summed E-state index contributed by atoms with van der Waals surface area (Å²) in [4.78, 5) is 29.1. The Morgan fingerprint density at radius 3 is 2.55 bits per heavy atom. The molecule has 2 fully saturated rings. The first-order valence-electron chi connectivity index (χ1n) is 7.89. The van der Waals surface area contributed by atoms with Crippen LogP contribution in [-0.2, 0) is 4.79 Å². The Morgan fingerprint density at radius 2 is 2.00 bits per heavy atom. The molecule has 6 heteroatoms. The van der Waals surface area contributed by atoms with Gasteiger partial charge in [0.2, 0.25) is 5.91 Å². The zero-order valence-electron chi connectivity index (χ0n) is 13.2. The van der Waals surface area contributed by atoms with Gasteiger partial charge in [-0.2, -0.15) is 0 Å². The molecule has 1 aromatic heterocycles. The topological polar surface area (TPSA) is 52.7 Å². The van der Waals surface area contributed by atoms with Gasteiger partial charge >= 0.3 is 0 Å². The van der Waals surface area contributed by atoms with Crippen LogP contribution in [0.4, 0.5) is 0 Å². The number of likely N-dealkylation sites (N-methyl/N-ethyl adjacent to an activating group) is 1. The first-order valence-corrected chi connectivity index (χ1v) is 8.77. The number of rotatable bonds is 3. The van der Waals surface area contributed by atoms with Crippen LogP contribution in [0.5, 0.6) is 0 Å². The second kappa shape index (κ2) is 6.38. The van der Waals surface area contributed by atoms with Crippen molar-refractivity contribution in [2.24, 2.45) is 0 Å². The van der Waals surface area contributed by atoms with Crippen molar-refractivity contribution in [3.63, 3.8) is 0 Å². The van der Waals surface area contributed by atoms with Gasteiger partial charge in [-0.1, -0.05) is 0 Å². The molecule has 0 radical (unpaired) electrons. The van der Waals surface area contributed by atoms with Crippen LogP contribution in [-0.4, -0.2) is 60.4 Å². The van der Waals surface area contributed by atoms with Gasteiger partial charge in [-0.15, -0.1) is 11.3 Å². The number of aryl methyl sites for hydroxylation is 1. The lowest BCUT2D eigenvalue weighted by Crippen LogP contribution is -2.49. The number of likely N-dealkylation sites (tertiary alicyclic amines) is 2. The zero-order chi connectivity index (χ0) is 15.7. The summed E-state index contributed by atoms with van der Waals surface area (Å²) >= 11 is 1.50. The number of carbonyl (C=O) groups is 2. The molecule has 2 saturated heterocycles. The van der Waals surface area contributed by atoms with E-state index in [-0.39, 0.29) is 23.9 Å². The fraction of sp³-hybridized carbons (Fsp3) is 0.625. The van der Waals surface area contributed by atoms with E-state index in [1.54, 1.807) is 0 Å². The number of hydrogen-bond donors (Lipinski definition) is 1. The molecule has 0 aliphatic carbocycles. The summed E-state index contributed by atoms with van der Waals surface area (Å²) in [7, 11) is 1.87. The largest absolute Gasteiger partial charge is 0.349 e. The van der Waals surface area contributed by atoms with Gasteiger partial charge in [-0.05, 0) is 43.2 Å². The maximum Gasteiger partial charge on any atom is 0.261 e. The lowest BCUT2D eigenvalue weighted by atomic mass is 10.0. The third kappa shape index (κ3) is 3.17. The van der Waals surface area contributed by atoms with Crippen molar-refractivity contribution in [3.05, 3.63) is 21.9 Å². The number of carbonyl (C=O) groups excluding carboxylic acids is 2. The molecule has 1 atom stereocenters. The third-order valence-electron chi connectivity index (χ3n) is 4.66. The lowest BCUT2D eigenvalue weighted by Gasteiger charge is -2.35. The van der Waals surface area contributed by atoms with Crippen molar-refractivity contribution in [1.29, 1.82) is 0 Å². The molecular weight excluding hydrogens is 298 g/mol. The van der Waals surface area contributed by atoms with Gasteiger partial charge < -0.3 is 10.2 Å². The number of piperidine rings is 1. The predicted molar refractivity (Wildman–Crippen MR) is 87.2 cm³/mol. The van der Waals surface area contributed by atoms with E-state index in [0.717, 1.165) is 49.3 Å². The molecule has 5 nitrogen and oxygen atoms in total. The van der Waals surface area contributed by atoms with Crippen molar-refractivity contribution in [2.45, 2.75) is 38.3 Å². The standard InChI is InChI=1S/C16H23N3O2S/c1-11-9-14(22-10-11)15(20)17-12-3-7-19(8-4-12)13-5-6-18(2)16(13)21/h9-10,12-13H,3-8H2,1-2H3,(H,17,20). The molecule has 3 heterocycles. The average molecular weight is 321 g/mol. The molecule has 22 heavy (non-hydrogen) atoms. The Hall–Kier alpha value is -1.40. The molecule has 0 aromatic carbocycles. The third-order valence-corrected chi connectivity index (χ3v) is 5.71. The molecule has 0 bridgehead atoms. The van der Waals surface area contributed by atoms with E-state index >= 15 is 0 Å². The molecule has 1 N–H and O–H groups in total. The fourth-order valence-corrected chi connectivity index (χ4v) is 4.11. The Morgan fingerprint density at radius 1 is 1.27 bits per heavy atom. The highest BCUT2D eigenvalue weighted by atomic mass is 32.1. The molecule has 0 saturated carbocycles. The Labute approximate surface area is 135 Å². The number of amides is 2. The van der Waals surface area contributed by atoms with Crippen molar-refractivity contribution in [1.82, 2.24) is 15.1 Å². The van der Waals surface area contributed by atoms with Crippen LogP contribution in [0.15, 0.2) is 11.4 Å². The number of nitrogens with zero attached hydrogens (tertiary/aromatic N) is 2. The van der Waals surface area contributed by atoms with E-state index in [2.05, 4.69) is 10.2 Å². The van der Waals surface area contributed by atoms with Crippen LogP contribution in [0, 0.1) is 6.92 Å². The van der Waals surface area contributed by atoms with Gasteiger partial charge in [-0.3, -0.25) is 14.5 Å².